The third kappa shape index (κ3) is 3.40. The maximum atomic E-state index is 11.4. The van der Waals surface area contributed by atoms with E-state index in [1.165, 1.54) is 13.8 Å². The Morgan fingerprint density at radius 1 is 1.00 bits per heavy atom. The first-order valence-corrected chi connectivity index (χ1v) is 4.92. The molecular formula is C11H14O6. The molecule has 0 bridgehead atoms. The van der Waals surface area contributed by atoms with Gasteiger partial charge >= 0.3 is 18.1 Å². The molecular weight excluding hydrogens is 228 g/mol. The molecule has 0 amide bonds. The molecule has 0 aliphatic carbocycles. The van der Waals surface area contributed by atoms with E-state index in [2.05, 4.69) is 13.2 Å². The monoisotopic (exact) mass is 242 g/mol. The molecule has 1 aliphatic rings. The predicted octanol–water partition coefficient (Wildman–Crippen LogP) is 0.883. The van der Waals surface area contributed by atoms with E-state index in [0.29, 0.717) is 0 Å². The lowest BCUT2D eigenvalue weighted by molar-refractivity contribution is -0.425. The summed E-state index contributed by atoms with van der Waals surface area (Å²) in [5.74, 6) is -1.55. The van der Waals surface area contributed by atoms with Crippen LogP contribution in [0.1, 0.15) is 13.8 Å². The van der Waals surface area contributed by atoms with Crippen LogP contribution in [-0.2, 0) is 28.5 Å². The van der Waals surface area contributed by atoms with Gasteiger partial charge in [0.2, 0.25) is 0 Å². The van der Waals surface area contributed by atoms with Crippen molar-refractivity contribution in [3.63, 3.8) is 0 Å². The number of rotatable bonds is 4. The van der Waals surface area contributed by atoms with Gasteiger partial charge in [0, 0.05) is 11.1 Å². The Hall–Kier alpha value is -1.66. The average Bonchev–Trinajstić information content (AvgIpc) is 2.66. The first-order chi connectivity index (χ1) is 7.86. The molecule has 17 heavy (non-hydrogen) atoms. The molecule has 0 N–H and O–H groups in total. The first kappa shape index (κ1) is 13.4. The molecule has 94 valence electrons. The molecule has 6 heteroatoms. The van der Waals surface area contributed by atoms with Crippen LogP contribution in [-0.4, -0.2) is 31.3 Å². The number of carbonyl (C=O) groups excluding carboxylic acids is 2. The molecule has 6 nitrogen and oxygen atoms in total. The van der Waals surface area contributed by atoms with Crippen LogP contribution in [0.25, 0.3) is 0 Å². The summed E-state index contributed by atoms with van der Waals surface area (Å²) < 4.78 is 19.6. The van der Waals surface area contributed by atoms with Crippen molar-refractivity contribution >= 4 is 11.9 Å². The van der Waals surface area contributed by atoms with E-state index in [0.717, 1.165) is 0 Å². The Bertz CT molecular complexity index is 334. The molecule has 0 radical (unpaired) electrons. The number of hydrogen-bond donors (Lipinski definition) is 0. The normalized spacial score (nSPS) is 17.3. The van der Waals surface area contributed by atoms with E-state index in [9.17, 15) is 9.59 Å². The quantitative estimate of drug-likeness (QED) is 0.414. The van der Waals surface area contributed by atoms with Crippen molar-refractivity contribution in [1.29, 1.82) is 0 Å². The molecule has 0 aromatic carbocycles. The van der Waals surface area contributed by atoms with Crippen LogP contribution in [0.3, 0.4) is 0 Å². The fourth-order valence-electron chi connectivity index (χ4n) is 0.915. The van der Waals surface area contributed by atoms with Gasteiger partial charge in [-0.2, -0.15) is 0 Å². The van der Waals surface area contributed by atoms with Crippen molar-refractivity contribution in [1.82, 2.24) is 0 Å². The second-order valence-electron chi connectivity index (χ2n) is 3.54. The molecule has 1 fully saturated rings. The maximum Gasteiger partial charge on any atom is 0.514 e. The third-order valence-corrected chi connectivity index (χ3v) is 1.77. The van der Waals surface area contributed by atoms with Crippen LogP contribution in [0.4, 0.5) is 0 Å². The number of ether oxygens (including phenoxy) is 4. The van der Waals surface area contributed by atoms with Crippen LogP contribution in [0.5, 0.6) is 0 Å². The summed E-state index contributed by atoms with van der Waals surface area (Å²) in [6.45, 7) is 9.99. The van der Waals surface area contributed by atoms with E-state index in [-0.39, 0.29) is 24.4 Å². The zero-order chi connectivity index (χ0) is 13.1. The zero-order valence-electron chi connectivity index (χ0n) is 9.78. The minimum absolute atomic E-state index is 0.134. The molecule has 1 heterocycles. The van der Waals surface area contributed by atoms with Crippen LogP contribution in [0.2, 0.25) is 0 Å². The van der Waals surface area contributed by atoms with Gasteiger partial charge < -0.3 is 9.47 Å². The summed E-state index contributed by atoms with van der Waals surface area (Å²) in [5, 5.41) is 0. The third-order valence-electron chi connectivity index (χ3n) is 1.77. The van der Waals surface area contributed by atoms with E-state index < -0.39 is 18.1 Å². The minimum atomic E-state index is -2.12. The summed E-state index contributed by atoms with van der Waals surface area (Å²) in [5.41, 5.74) is 0.268. The molecule has 0 atom stereocenters. The lowest BCUT2D eigenvalue weighted by atomic mass is 10.4. The highest BCUT2D eigenvalue weighted by molar-refractivity contribution is 5.88. The topological polar surface area (TPSA) is 71.1 Å². The summed E-state index contributed by atoms with van der Waals surface area (Å²) in [6, 6.07) is 0. The molecule has 1 aliphatic heterocycles. The Kier molecular flexibility index (Phi) is 4.03. The van der Waals surface area contributed by atoms with Crippen LogP contribution < -0.4 is 0 Å². The van der Waals surface area contributed by atoms with Gasteiger partial charge in [0.1, 0.15) is 0 Å². The summed E-state index contributed by atoms with van der Waals surface area (Å²) >= 11 is 0. The summed E-state index contributed by atoms with van der Waals surface area (Å²) in [6.07, 6.45) is -2.12. The average molecular weight is 242 g/mol. The smallest absolute Gasteiger partial charge is 0.370 e. The highest BCUT2D eigenvalue weighted by Crippen LogP contribution is 2.24. The molecule has 1 rings (SSSR count). The van der Waals surface area contributed by atoms with Crippen molar-refractivity contribution in [3.05, 3.63) is 24.3 Å². The van der Waals surface area contributed by atoms with Crippen molar-refractivity contribution in [2.24, 2.45) is 0 Å². The number of esters is 2. The number of hydrogen-bond acceptors (Lipinski definition) is 6. The maximum absolute atomic E-state index is 11.4. The standard InChI is InChI=1S/C11H14O6/c1-7(2)9(12)16-11(14-5-6-15-11)17-10(13)8(3)4/h1,3,5-6H2,2,4H3. The van der Waals surface area contributed by atoms with Crippen molar-refractivity contribution in [2.75, 3.05) is 13.2 Å². The van der Waals surface area contributed by atoms with Gasteiger partial charge in [0.25, 0.3) is 0 Å². The molecule has 0 saturated carbocycles. The van der Waals surface area contributed by atoms with Gasteiger partial charge in [0.15, 0.2) is 0 Å². The molecule has 1 saturated heterocycles. The van der Waals surface area contributed by atoms with Gasteiger partial charge in [-0.1, -0.05) is 13.2 Å². The van der Waals surface area contributed by atoms with Gasteiger partial charge in [-0.05, 0) is 13.8 Å². The number of carbonyl (C=O) groups is 2. The van der Waals surface area contributed by atoms with E-state index in [1.54, 1.807) is 0 Å². The largest absolute Gasteiger partial charge is 0.514 e. The molecule has 0 spiro atoms. The molecule has 0 unspecified atom stereocenters. The van der Waals surface area contributed by atoms with Crippen LogP contribution in [0, 0.1) is 0 Å². The summed E-state index contributed by atoms with van der Waals surface area (Å²) in [7, 11) is 0. The highest BCUT2D eigenvalue weighted by Gasteiger charge is 2.47. The fourth-order valence-corrected chi connectivity index (χ4v) is 0.915. The second-order valence-corrected chi connectivity index (χ2v) is 3.54. The Balaban J connectivity index is 2.76. The Morgan fingerprint density at radius 3 is 1.65 bits per heavy atom. The molecule has 0 aromatic heterocycles. The lowest BCUT2D eigenvalue weighted by Gasteiger charge is -2.24. The Morgan fingerprint density at radius 2 is 1.35 bits per heavy atom. The molecule has 0 aromatic rings. The van der Waals surface area contributed by atoms with Crippen LogP contribution in [0.15, 0.2) is 24.3 Å². The van der Waals surface area contributed by atoms with Gasteiger partial charge in [-0.25, -0.2) is 9.59 Å². The van der Waals surface area contributed by atoms with Crippen molar-refractivity contribution < 1.29 is 28.5 Å². The predicted molar refractivity (Wildman–Crippen MR) is 56.4 cm³/mol. The van der Waals surface area contributed by atoms with E-state index in [1.807, 2.05) is 0 Å². The summed E-state index contributed by atoms with van der Waals surface area (Å²) in [4.78, 5) is 22.7. The van der Waals surface area contributed by atoms with Crippen molar-refractivity contribution in [3.8, 4) is 0 Å². The minimum Gasteiger partial charge on any atom is -0.370 e. The van der Waals surface area contributed by atoms with Gasteiger partial charge in [0.05, 0.1) is 13.2 Å². The second kappa shape index (κ2) is 5.11. The SMILES string of the molecule is C=C(C)C(=O)OC1(OC(=O)C(=C)C)OCCO1. The van der Waals surface area contributed by atoms with E-state index in [4.69, 9.17) is 18.9 Å². The van der Waals surface area contributed by atoms with E-state index >= 15 is 0 Å². The van der Waals surface area contributed by atoms with Gasteiger partial charge in [-0.15, -0.1) is 0 Å². The first-order valence-electron chi connectivity index (χ1n) is 4.92. The van der Waals surface area contributed by atoms with Crippen LogP contribution >= 0.6 is 0 Å². The van der Waals surface area contributed by atoms with Gasteiger partial charge in [-0.3, -0.25) is 9.47 Å². The highest BCUT2D eigenvalue weighted by atomic mass is 17.0. The zero-order valence-corrected chi connectivity index (χ0v) is 9.78. The fraction of sp³-hybridized carbons (Fsp3) is 0.455. The van der Waals surface area contributed by atoms with Crippen molar-refractivity contribution in [2.45, 2.75) is 20.0 Å². The lowest BCUT2D eigenvalue weighted by Crippen LogP contribution is -2.41. The Labute approximate surface area is 98.8 Å².